The standard InChI is InChI=1S/C20H23NO4/c1-4-13(2)15-9-5-7-11-17(15)21-19(23)14(3)25-20(24)16-10-6-8-12-18(16)22/h5-14,22H,4H2,1-3H3,(H,21,23)/t13-,14-/m1/s1. The van der Waals surface area contributed by atoms with E-state index in [0.29, 0.717) is 11.6 Å². The van der Waals surface area contributed by atoms with Gasteiger partial charge in [-0.15, -0.1) is 0 Å². The Balaban J connectivity index is 2.06. The van der Waals surface area contributed by atoms with Crippen molar-refractivity contribution in [1.29, 1.82) is 0 Å². The number of phenols is 1. The molecular formula is C20H23NO4. The van der Waals surface area contributed by atoms with E-state index in [1.54, 1.807) is 12.1 Å². The fourth-order valence-electron chi connectivity index (χ4n) is 2.42. The van der Waals surface area contributed by atoms with Crippen LogP contribution in [0.4, 0.5) is 5.69 Å². The van der Waals surface area contributed by atoms with Gasteiger partial charge in [0.25, 0.3) is 5.91 Å². The quantitative estimate of drug-likeness (QED) is 0.776. The largest absolute Gasteiger partial charge is 0.507 e. The zero-order chi connectivity index (χ0) is 18.4. The van der Waals surface area contributed by atoms with Crippen LogP contribution in [0.25, 0.3) is 0 Å². The highest BCUT2D eigenvalue weighted by Gasteiger charge is 2.21. The second-order valence-electron chi connectivity index (χ2n) is 5.95. The molecule has 25 heavy (non-hydrogen) atoms. The number of benzene rings is 2. The summed E-state index contributed by atoms with van der Waals surface area (Å²) in [5, 5.41) is 12.5. The molecule has 1 amide bonds. The minimum absolute atomic E-state index is 0.0298. The summed E-state index contributed by atoms with van der Waals surface area (Å²) in [5.41, 5.74) is 1.78. The predicted molar refractivity (Wildman–Crippen MR) is 96.8 cm³/mol. The van der Waals surface area contributed by atoms with Crippen LogP contribution >= 0.6 is 0 Å². The zero-order valence-corrected chi connectivity index (χ0v) is 14.7. The Kier molecular flexibility index (Phi) is 6.17. The Bertz CT molecular complexity index is 757. The van der Waals surface area contributed by atoms with E-state index in [4.69, 9.17) is 4.74 Å². The number of carbonyl (C=O) groups is 2. The minimum atomic E-state index is -0.989. The van der Waals surface area contributed by atoms with Crippen molar-refractivity contribution in [2.24, 2.45) is 0 Å². The number of para-hydroxylation sites is 2. The minimum Gasteiger partial charge on any atom is -0.507 e. The van der Waals surface area contributed by atoms with Gasteiger partial charge in [-0.25, -0.2) is 4.79 Å². The Morgan fingerprint density at radius 3 is 2.40 bits per heavy atom. The molecule has 0 saturated heterocycles. The molecule has 0 unspecified atom stereocenters. The summed E-state index contributed by atoms with van der Waals surface area (Å²) in [6, 6.07) is 13.6. The van der Waals surface area contributed by atoms with Crippen LogP contribution in [-0.2, 0) is 9.53 Å². The van der Waals surface area contributed by atoms with Crippen LogP contribution in [-0.4, -0.2) is 23.1 Å². The maximum Gasteiger partial charge on any atom is 0.342 e. The number of anilines is 1. The van der Waals surface area contributed by atoms with Crippen molar-refractivity contribution >= 4 is 17.6 Å². The third-order valence-corrected chi connectivity index (χ3v) is 4.14. The van der Waals surface area contributed by atoms with Crippen molar-refractivity contribution in [2.45, 2.75) is 39.2 Å². The number of rotatable bonds is 6. The van der Waals surface area contributed by atoms with Crippen LogP contribution in [0, 0.1) is 0 Å². The normalized spacial score (nSPS) is 12.9. The summed E-state index contributed by atoms with van der Waals surface area (Å²) in [6.07, 6.45) is -0.0397. The number of amides is 1. The van der Waals surface area contributed by atoms with Gasteiger partial charge in [0.2, 0.25) is 0 Å². The summed E-state index contributed by atoms with van der Waals surface area (Å²) in [4.78, 5) is 24.5. The van der Waals surface area contributed by atoms with Crippen LogP contribution in [0.5, 0.6) is 5.75 Å². The van der Waals surface area contributed by atoms with Gasteiger partial charge in [-0.05, 0) is 43.0 Å². The van der Waals surface area contributed by atoms with E-state index < -0.39 is 18.0 Å². The lowest BCUT2D eigenvalue weighted by Gasteiger charge is -2.18. The van der Waals surface area contributed by atoms with Crippen molar-refractivity contribution in [1.82, 2.24) is 0 Å². The van der Waals surface area contributed by atoms with Crippen LogP contribution in [0.15, 0.2) is 48.5 Å². The zero-order valence-electron chi connectivity index (χ0n) is 14.7. The summed E-state index contributed by atoms with van der Waals surface area (Å²) >= 11 is 0. The van der Waals surface area contributed by atoms with Gasteiger partial charge in [0.15, 0.2) is 6.10 Å². The van der Waals surface area contributed by atoms with Crippen molar-refractivity contribution in [3.8, 4) is 5.75 Å². The molecule has 2 N–H and O–H groups in total. The number of phenolic OH excluding ortho intramolecular Hbond substituents is 1. The van der Waals surface area contributed by atoms with Crippen LogP contribution in [0.3, 0.4) is 0 Å². The van der Waals surface area contributed by atoms with E-state index in [1.165, 1.54) is 19.1 Å². The molecule has 2 rings (SSSR count). The van der Waals surface area contributed by atoms with Crippen molar-refractivity contribution < 1.29 is 19.4 Å². The highest BCUT2D eigenvalue weighted by Crippen LogP contribution is 2.26. The summed E-state index contributed by atoms with van der Waals surface area (Å²) in [5.74, 6) is -1.03. The first kappa shape index (κ1) is 18.5. The second kappa shape index (κ2) is 8.33. The van der Waals surface area contributed by atoms with E-state index >= 15 is 0 Å². The molecule has 0 bridgehead atoms. The molecule has 5 heteroatoms. The molecule has 0 aliphatic carbocycles. The van der Waals surface area contributed by atoms with Gasteiger partial charge in [0.05, 0.1) is 0 Å². The lowest BCUT2D eigenvalue weighted by Crippen LogP contribution is -2.30. The van der Waals surface area contributed by atoms with Gasteiger partial charge in [0.1, 0.15) is 11.3 Å². The highest BCUT2D eigenvalue weighted by molar-refractivity contribution is 5.98. The molecule has 5 nitrogen and oxygen atoms in total. The Hall–Kier alpha value is -2.82. The van der Waals surface area contributed by atoms with Gasteiger partial charge in [0, 0.05) is 5.69 Å². The van der Waals surface area contributed by atoms with E-state index in [2.05, 4.69) is 19.2 Å². The molecule has 0 aliphatic rings. The van der Waals surface area contributed by atoms with Gasteiger partial charge in [-0.3, -0.25) is 4.79 Å². The first-order valence-electron chi connectivity index (χ1n) is 8.32. The summed E-state index contributed by atoms with van der Waals surface area (Å²) in [6.45, 7) is 5.67. The van der Waals surface area contributed by atoms with Crippen molar-refractivity contribution in [3.05, 3.63) is 59.7 Å². The molecule has 0 spiro atoms. The Morgan fingerprint density at radius 1 is 1.08 bits per heavy atom. The smallest absolute Gasteiger partial charge is 0.342 e. The molecule has 2 aromatic carbocycles. The van der Waals surface area contributed by atoms with Crippen molar-refractivity contribution in [2.75, 3.05) is 5.32 Å². The maximum atomic E-state index is 12.4. The average molecular weight is 341 g/mol. The molecule has 0 radical (unpaired) electrons. The molecule has 2 atom stereocenters. The average Bonchev–Trinajstić information content (AvgIpc) is 2.61. The fraction of sp³-hybridized carbons (Fsp3) is 0.300. The lowest BCUT2D eigenvalue weighted by atomic mass is 9.97. The Labute approximate surface area is 147 Å². The topological polar surface area (TPSA) is 75.6 Å². The van der Waals surface area contributed by atoms with Gasteiger partial charge >= 0.3 is 5.97 Å². The van der Waals surface area contributed by atoms with Gasteiger partial charge in [-0.1, -0.05) is 44.2 Å². The van der Waals surface area contributed by atoms with E-state index in [0.717, 1.165) is 12.0 Å². The Morgan fingerprint density at radius 2 is 1.72 bits per heavy atom. The number of carbonyl (C=O) groups excluding carboxylic acids is 2. The van der Waals surface area contributed by atoms with Crippen molar-refractivity contribution in [3.63, 3.8) is 0 Å². The summed E-state index contributed by atoms with van der Waals surface area (Å²) in [7, 11) is 0. The SMILES string of the molecule is CC[C@@H](C)c1ccccc1NC(=O)[C@@H](C)OC(=O)c1ccccc1O. The number of aromatic hydroxyl groups is 1. The number of hydrogen-bond donors (Lipinski definition) is 2. The molecule has 0 aromatic heterocycles. The highest BCUT2D eigenvalue weighted by atomic mass is 16.5. The summed E-state index contributed by atoms with van der Waals surface area (Å²) < 4.78 is 5.17. The predicted octanol–water partition coefficient (Wildman–Crippen LogP) is 4.09. The van der Waals surface area contributed by atoms with Crippen LogP contribution in [0.1, 0.15) is 49.0 Å². The number of ether oxygens (including phenoxy) is 1. The fourth-order valence-corrected chi connectivity index (χ4v) is 2.42. The monoisotopic (exact) mass is 341 g/mol. The first-order valence-corrected chi connectivity index (χ1v) is 8.32. The molecule has 132 valence electrons. The maximum absolute atomic E-state index is 12.4. The van der Waals surface area contributed by atoms with E-state index in [1.807, 2.05) is 24.3 Å². The first-order chi connectivity index (χ1) is 11.9. The molecular weight excluding hydrogens is 318 g/mol. The van der Waals surface area contributed by atoms with E-state index in [9.17, 15) is 14.7 Å². The third kappa shape index (κ3) is 4.59. The molecule has 2 aromatic rings. The molecule has 0 aliphatic heterocycles. The molecule has 0 fully saturated rings. The number of nitrogens with one attached hydrogen (secondary N) is 1. The molecule has 0 saturated carbocycles. The molecule has 0 heterocycles. The second-order valence-corrected chi connectivity index (χ2v) is 5.95. The third-order valence-electron chi connectivity index (χ3n) is 4.14. The lowest BCUT2D eigenvalue weighted by molar-refractivity contribution is -0.123. The number of hydrogen-bond acceptors (Lipinski definition) is 4. The van der Waals surface area contributed by atoms with E-state index in [-0.39, 0.29) is 11.3 Å². The van der Waals surface area contributed by atoms with Gasteiger partial charge < -0.3 is 15.2 Å². The van der Waals surface area contributed by atoms with Crippen LogP contribution in [0.2, 0.25) is 0 Å². The van der Waals surface area contributed by atoms with Crippen LogP contribution < -0.4 is 5.32 Å². The number of esters is 1. The van der Waals surface area contributed by atoms with Gasteiger partial charge in [-0.2, -0.15) is 0 Å².